The molecule has 0 radical (unpaired) electrons. The quantitative estimate of drug-likeness (QED) is 0.673. The van der Waals surface area contributed by atoms with Crippen LogP contribution in [0.5, 0.6) is 5.75 Å². The van der Waals surface area contributed by atoms with Crippen LogP contribution in [0.15, 0.2) is 23.8 Å². The van der Waals surface area contributed by atoms with Crippen molar-refractivity contribution in [2.24, 2.45) is 0 Å². The Morgan fingerprint density at radius 2 is 2.00 bits per heavy atom. The Balaban J connectivity index is 2.07. The van der Waals surface area contributed by atoms with Crippen LogP contribution in [-0.4, -0.2) is 7.11 Å². The van der Waals surface area contributed by atoms with Crippen molar-refractivity contribution in [2.75, 3.05) is 7.11 Å². The highest BCUT2D eigenvalue weighted by Crippen LogP contribution is 2.42. The molecule has 1 aromatic carbocycles. The zero-order valence-electron chi connectivity index (χ0n) is 9.18. The average molecular weight is 200 g/mol. The number of hydrogen-bond acceptors (Lipinski definition) is 1. The predicted molar refractivity (Wildman–Crippen MR) is 62.1 cm³/mol. The molecule has 0 amide bonds. The van der Waals surface area contributed by atoms with Gasteiger partial charge in [0, 0.05) is 0 Å². The number of hydrogen-bond donors (Lipinski definition) is 0. The standard InChI is InChI=1S/C14H16O/c1-15-12-7-6-11-8-10-4-2-3-5-13(10)14(11)9-12/h6-7,9H,2-5,8H2,1H3. The molecule has 0 spiro atoms. The molecule has 0 N–H and O–H groups in total. The fourth-order valence-corrected chi connectivity index (χ4v) is 2.84. The molecule has 0 bridgehead atoms. The minimum absolute atomic E-state index is 0.994. The molecule has 2 aliphatic rings. The van der Waals surface area contributed by atoms with Gasteiger partial charge in [-0.25, -0.2) is 0 Å². The van der Waals surface area contributed by atoms with Gasteiger partial charge in [0.2, 0.25) is 0 Å². The van der Waals surface area contributed by atoms with Crippen LogP contribution in [-0.2, 0) is 6.42 Å². The fraction of sp³-hybridized carbons (Fsp3) is 0.429. The maximum atomic E-state index is 5.30. The first-order valence-corrected chi connectivity index (χ1v) is 5.76. The molecule has 0 aliphatic heterocycles. The van der Waals surface area contributed by atoms with Gasteiger partial charge in [0.15, 0.2) is 0 Å². The third-order valence-corrected chi connectivity index (χ3v) is 3.63. The second kappa shape index (κ2) is 3.41. The highest BCUT2D eigenvalue weighted by molar-refractivity contribution is 5.77. The summed E-state index contributed by atoms with van der Waals surface area (Å²) in [6, 6.07) is 6.52. The highest BCUT2D eigenvalue weighted by Gasteiger charge is 2.23. The molecule has 2 aliphatic carbocycles. The van der Waals surface area contributed by atoms with Crippen LogP contribution in [0.2, 0.25) is 0 Å². The van der Waals surface area contributed by atoms with E-state index in [0.29, 0.717) is 0 Å². The topological polar surface area (TPSA) is 9.23 Å². The van der Waals surface area contributed by atoms with Gasteiger partial charge in [-0.1, -0.05) is 11.6 Å². The summed E-state index contributed by atoms with van der Waals surface area (Å²) in [5.74, 6) is 0.994. The van der Waals surface area contributed by atoms with Gasteiger partial charge < -0.3 is 4.74 Å². The van der Waals surface area contributed by atoms with Crippen molar-refractivity contribution >= 4 is 5.57 Å². The maximum absolute atomic E-state index is 5.30. The summed E-state index contributed by atoms with van der Waals surface area (Å²) in [6.07, 6.45) is 6.51. The first-order chi connectivity index (χ1) is 7.38. The Morgan fingerprint density at radius 3 is 2.87 bits per heavy atom. The van der Waals surface area contributed by atoms with E-state index in [1.807, 2.05) is 0 Å². The average Bonchev–Trinajstić information content (AvgIpc) is 2.66. The zero-order valence-corrected chi connectivity index (χ0v) is 9.18. The Labute approximate surface area is 90.8 Å². The molecule has 0 saturated heterocycles. The summed E-state index contributed by atoms with van der Waals surface area (Å²) in [4.78, 5) is 0. The molecule has 3 rings (SSSR count). The lowest BCUT2D eigenvalue weighted by atomic mass is 9.92. The molecule has 0 unspecified atom stereocenters. The first-order valence-electron chi connectivity index (χ1n) is 5.76. The van der Waals surface area contributed by atoms with Gasteiger partial charge in [-0.2, -0.15) is 0 Å². The summed E-state index contributed by atoms with van der Waals surface area (Å²) in [5, 5.41) is 0. The Kier molecular flexibility index (Phi) is 2.05. The lowest BCUT2D eigenvalue weighted by Gasteiger charge is -2.14. The van der Waals surface area contributed by atoms with Crippen molar-refractivity contribution in [3.8, 4) is 5.75 Å². The van der Waals surface area contributed by atoms with Crippen LogP contribution in [0.3, 0.4) is 0 Å². The van der Waals surface area contributed by atoms with E-state index in [0.717, 1.165) is 5.75 Å². The zero-order chi connectivity index (χ0) is 10.3. The molecule has 0 heterocycles. The summed E-state index contributed by atoms with van der Waals surface area (Å²) < 4.78 is 5.30. The summed E-state index contributed by atoms with van der Waals surface area (Å²) in [5.41, 5.74) is 6.27. The van der Waals surface area contributed by atoms with Crippen LogP contribution in [0.25, 0.3) is 5.57 Å². The van der Waals surface area contributed by atoms with E-state index in [4.69, 9.17) is 4.74 Å². The lowest BCUT2D eigenvalue weighted by molar-refractivity contribution is 0.414. The van der Waals surface area contributed by atoms with Crippen molar-refractivity contribution in [3.05, 3.63) is 34.9 Å². The number of ether oxygens (including phenoxy) is 1. The van der Waals surface area contributed by atoms with Gasteiger partial charge in [-0.15, -0.1) is 0 Å². The van der Waals surface area contributed by atoms with Crippen molar-refractivity contribution < 1.29 is 4.74 Å². The Bertz CT molecular complexity index is 429. The minimum Gasteiger partial charge on any atom is -0.497 e. The molecular weight excluding hydrogens is 184 g/mol. The molecular formula is C14H16O. The molecule has 0 fully saturated rings. The van der Waals surface area contributed by atoms with Crippen molar-refractivity contribution in [1.29, 1.82) is 0 Å². The van der Waals surface area contributed by atoms with Crippen molar-refractivity contribution in [2.45, 2.75) is 32.1 Å². The fourth-order valence-electron chi connectivity index (χ4n) is 2.84. The summed E-state index contributed by atoms with van der Waals surface area (Å²) >= 11 is 0. The van der Waals surface area contributed by atoms with E-state index >= 15 is 0 Å². The van der Waals surface area contributed by atoms with Gasteiger partial charge in [-0.05, 0) is 60.9 Å². The van der Waals surface area contributed by atoms with E-state index in [-0.39, 0.29) is 0 Å². The van der Waals surface area contributed by atoms with Gasteiger partial charge in [-0.3, -0.25) is 0 Å². The molecule has 0 saturated carbocycles. The largest absolute Gasteiger partial charge is 0.497 e. The molecule has 0 atom stereocenters. The number of benzene rings is 1. The van der Waals surface area contributed by atoms with Crippen LogP contribution in [0.4, 0.5) is 0 Å². The van der Waals surface area contributed by atoms with Crippen molar-refractivity contribution in [1.82, 2.24) is 0 Å². The van der Waals surface area contributed by atoms with E-state index < -0.39 is 0 Å². The SMILES string of the molecule is COc1ccc2c(c1)C1=C(CCCC1)C2. The van der Waals surface area contributed by atoms with Gasteiger partial charge in [0.1, 0.15) is 5.75 Å². The third kappa shape index (κ3) is 1.38. The molecule has 1 aromatic rings. The number of allylic oxidation sites excluding steroid dienone is 2. The van der Waals surface area contributed by atoms with Gasteiger partial charge in [0.25, 0.3) is 0 Å². The third-order valence-electron chi connectivity index (χ3n) is 3.63. The van der Waals surface area contributed by atoms with E-state index in [9.17, 15) is 0 Å². The minimum atomic E-state index is 0.994. The summed E-state index contributed by atoms with van der Waals surface area (Å²) in [7, 11) is 1.74. The van der Waals surface area contributed by atoms with Crippen molar-refractivity contribution in [3.63, 3.8) is 0 Å². The van der Waals surface area contributed by atoms with Crippen LogP contribution in [0.1, 0.15) is 36.8 Å². The smallest absolute Gasteiger partial charge is 0.119 e. The maximum Gasteiger partial charge on any atom is 0.119 e. The second-order valence-electron chi connectivity index (χ2n) is 4.49. The van der Waals surface area contributed by atoms with Crippen LogP contribution in [0, 0.1) is 0 Å². The number of fused-ring (bicyclic) bond motifs is 2. The van der Waals surface area contributed by atoms with Gasteiger partial charge >= 0.3 is 0 Å². The first kappa shape index (κ1) is 9.02. The monoisotopic (exact) mass is 200 g/mol. The molecule has 0 aromatic heterocycles. The number of rotatable bonds is 1. The van der Waals surface area contributed by atoms with Gasteiger partial charge in [0.05, 0.1) is 7.11 Å². The normalized spacial score (nSPS) is 18.7. The Hall–Kier alpha value is -1.24. The van der Waals surface area contributed by atoms with Crippen LogP contribution < -0.4 is 4.74 Å². The lowest BCUT2D eigenvalue weighted by Crippen LogP contribution is -1.94. The van der Waals surface area contributed by atoms with E-state index in [1.54, 1.807) is 18.3 Å². The van der Waals surface area contributed by atoms with Crippen LogP contribution >= 0.6 is 0 Å². The number of methoxy groups -OCH3 is 1. The molecule has 15 heavy (non-hydrogen) atoms. The van der Waals surface area contributed by atoms with E-state index in [2.05, 4.69) is 18.2 Å². The highest BCUT2D eigenvalue weighted by atomic mass is 16.5. The molecule has 78 valence electrons. The second-order valence-corrected chi connectivity index (χ2v) is 4.49. The molecule has 1 nitrogen and oxygen atoms in total. The molecule has 1 heteroatoms. The summed E-state index contributed by atoms with van der Waals surface area (Å²) in [6.45, 7) is 0. The Morgan fingerprint density at radius 1 is 1.13 bits per heavy atom. The van der Waals surface area contributed by atoms with E-state index in [1.165, 1.54) is 43.2 Å². The predicted octanol–water partition coefficient (Wildman–Crippen LogP) is 3.58.